The summed E-state index contributed by atoms with van der Waals surface area (Å²) in [6.07, 6.45) is 7.82. The molecule has 0 amide bonds. The van der Waals surface area contributed by atoms with Gasteiger partial charge >= 0.3 is 0 Å². The maximum atomic E-state index is 8.94. The van der Waals surface area contributed by atoms with Crippen LogP contribution in [-0.2, 0) is 6.61 Å². The first-order valence-corrected chi connectivity index (χ1v) is 5.38. The molecule has 0 spiro atoms. The smallest absolute Gasteiger partial charge is 0.0681 e. The van der Waals surface area contributed by atoms with Crippen LogP contribution in [0, 0.1) is 5.92 Å². The van der Waals surface area contributed by atoms with Gasteiger partial charge in [0.05, 0.1) is 6.61 Å². The Bertz CT molecular complexity index is 384. The molecule has 0 aliphatic heterocycles. The predicted molar refractivity (Wildman–Crippen MR) is 63.3 cm³/mol. The van der Waals surface area contributed by atoms with Gasteiger partial charge in [0.25, 0.3) is 0 Å². The molecule has 1 aliphatic carbocycles. The topological polar surface area (TPSA) is 20.2 Å². The van der Waals surface area contributed by atoms with E-state index in [0.717, 1.165) is 12.0 Å². The average molecular weight is 200 g/mol. The summed E-state index contributed by atoms with van der Waals surface area (Å²) >= 11 is 0. The van der Waals surface area contributed by atoms with E-state index in [9.17, 15) is 0 Å². The zero-order chi connectivity index (χ0) is 10.7. The summed E-state index contributed by atoms with van der Waals surface area (Å²) in [5, 5.41) is 8.94. The van der Waals surface area contributed by atoms with Crippen molar-refractivity contribution in [1.82, 2.24) is 0 Å². The molecule has 0 bridgehead atoms. The largest absolute Gasteiger partial charge is 0.392 e. The molecule has 1 N–H and O–H groups in total. The van der Waals surface area contributed by atoms with Gasteiger partial charge in [-0.05, 0) is 29.0 Å². The minimum Gasteiger partial charge on any atom is -0.392 e. The Balaban J connectivity index is 2.20. The predicted octanol–water partition coefficient (Wildman–Crippen LogP) is 3.16. The molecule has 2 rings (SSSR count). The molecule has 1 heteroatoms. The molecule has 15 heavy (non-hydrogen) atoms. The van der Waals surface area contributed by atoms with Gasteiger partial charge in [0, 0.05) is 0 Å². The highest BCUT2D eigenvalue weighted by molar-refractivity contribution is 5.74. The Labute approximate surface area is 90.8 Å². The fourth-order valence-corrected chi connectivity index (χ4v) is 1.74. The Hall–Kier alpha value is -1.34. The van der Waals surface area contributed by atoms with Crippen molar-refractivity contribution < 1.29 is 5.11 Å². The third-order valence-corrected chi connectivity index (χ3v) is 2.78. The van der Waals surface area contributed by atoms with Crippen molar-refractivity contribution in [3.8, 4) is 0 Å². The van der Waals surface area contributed by atoms with Crippen LogP contribution in [0.15, 0.2) is 42.5 Å². The van der Waals surface area contributed by atoms with Gasteiger partial charge < -0.3 is 5.11 Å². The zero-order valence-corrected chi connectivity index (χ0v) is 8.98. The molecule has 0 aromatic heterocycles. The first-order chi connectivity index (χ1) is 7.29. The summed E-state index contributed by atoms with van der Waals surface area (Å²) in [4.78, 5) is 0. The molecule has 1 aromatic carbocycles. The molecule has 1 nitrogen and oxygen atoms in total. The van der Waals surface area contributed by atoms with Crippen LogP contribution in [0.25, 0.3) is 5.57 Å². The number of benzene rings is 1. The Morgan fingerprint density at radius 1 is 1.27 bits per heavy atom. The van der Waals surface area contributed by atoms with Crippen LogP contribution in [0.2, 0.25) is 0 Å². The van der Waals surface area contributed by atoms with Crippen LogP contribution in [0.1, 0.15) is 24.5 Å². The van der Waals surface area contributed by atoms with E-state index in [0.29, 0.717) is 5.92 Å². The van der Waals surface area contributed by atoms with Crippen LogP contribution in [0.4, 0.5) is 0 Å². The van der Waals surface area contributed by atoms with E-state index in [1.54, 1.807) is 0 Å². The molecule has 1 atom stereocenters. The first kappa shape index (κ1) is 10.2. The van der Waals surface area contributed by atoms with E-state index >= 15 is 0 Å². The monoisotopic (exact) mass is 200 g/mol. The summed E-state index contributed by atoms with van der Waals surface area (Å²) in [5.41, 5.74) is 3.49. The lowest BCUT2D eigenvalue weighted by Gasteiger charge is -2.12. The highest BCUT2D eigenvalue weighted by atomic mass is 16.3. The number of rotatable bonds is 2. The average Bonchev–Trinajstić information content (AvgIpc) is 2.30. The molecule has 78 valence electrons. The molecular weight excluding hydrogens is 184 g/mol. The van der Waals surface area contributed by atoms with E-state index in [-0.39, 0.29) is 6.61 Å². The van der Waals surface area contributed by atoms with Gasteiger partial charge in [-0.25, -0.2) is 0 Å². The van der Waals surface area contributed by atoms with Crippen LogP contribution < -0.4 is 0 Å². The number of hydrogen-bond donors (Lipinski definition) is 1. The Morgan fingerprint density at radius 3 is 2.53 bits per heavy atom. The van der Waals surface area contributed by atoms with Crippen molar-refractivity contribution in [2.24, 2.45) is 5.92 Å². The lowest BCUT2D eigenvalue weighted by atomic mass is 9.94. The van der Waals surface area contributed by atoms with E-state index in [2.05, 4.69) is 37.3 Å². The maximum absolute atomic E-state index is 8.94. The second-order valence-electron chi connectivity index (χ2n) is 4.09. The molecule has 0 saturated carbocycles. The van der Waals surface area contributed by atoms with E-state index in [1.165, 1.54) is 11.1 Å². The summed E-state index contributed by atoms with van der Waals surface area (Å²) in [7, 11) is 0. The van der Waals surface area contributed by atoms with Crippen LogP contribution in [0.3, 0.4) is 0 Å². The minimum absolute atomic E-state index is 0.117. The van der Waals surface area contributed by atoms with Gasteiger partial charge in [0.15, 0.2) is 0 Å². The molecule has 0 saturated heterocycles. The molecule has 0 fully saturated rings. The van der Waals surface area contributed by atoms with Crippen LogP contribution in [-0.4, -0.2) is 5.11 Å². The standard InChI is InChI=1S/C14H16O/c1-11-2-6-13(7-3-11)14-8-4-12(10-15)5-9-14/h2,4-9,11,15H,3,10H2,1H3. The van der Waals surface area contributed by atoms with Crippen molar-refractivity contribution in [3.05, 3.63) is 53.6 Å². The highest BCUT2D eigenvalue weighted by Crippen LogP contribution is 2.24. The quantitative estimate of drug-likeness (QED) is 0.777. The number of aliphatic hydroxyl groups excluding tert-OH is 1. The summed E-state index contributed by atoms with van der Waals surface area (Å²) in [6.45, 7) is 2.34. The molecule has 1 unspecified atom stereocenters. The molecule has 1 aliphatic rings. The number of aliphatic hydroxyl groups is 1. The Kier molecular flexibility index (Phi) is 3.02. The zero-order valence-electron chi connectivity index (χ0n) is 8.98. The first-order valence-electron chi connectivity index (χ1n) is 5.38. The molecule has 0 radical (unpaired) electrons. The van der Waals surface area contributed by atoms with Crippen molar-refractivity contribution in [2.45, 2.75) is 20.0 Å². The van der Waals surface area contributed by atoms with E-state index in [1.807, 2.05) is 12.1 Å². The highest BCUT2D eigenvalue weighted by Gasteiger charge is 2.05. The van der Waals surface area contributed by atoms with Crippen LogP contribution in [0.5, 0.6) is 0 Å². The lowest BCUT2D eigenvalue weighted by Crippen LogP contribution is -1.94. The fraction of sp³-hybridized carbons (Fsp3) is 0.286. The Morgan fingerprint density at radius 2 is 2.00 bits per heavy atom. The van der Waals surface area contributed by atoms with Gasteiger partial charge in [-0.15, -0.1) is 0 Å². The SMILES string of the molecule is CC1C=CC(c2ccc(CO)cc2)=CC1. The van der Waals surface area contributed by atoms with Gasteiger partial charge in [0.2, 0.25) is 0 Å². The van der Waals surface area contributed by atoms with Gasteiger partial charge in [-0.1, -0.05) is 49.4 Å². The summed E-state index contributed by atoms with van der Waals surface area (Å²) < 4.78 is 0. The van der Waals surface area contributed by atoms with Crippen molar-refractivity contribution >= 4 is 5.57 Å². The normalized spacial score (nSPS) is 20.1. The third-order valence-electron chi connectivity index (χ3n) is 2.78. The van der Waals surface area contributed by atoms with Gasteiger partial charge in [0.1, 0.15) is 0 Å². The van der Waals surface area contributed by atoms with Gasteiger partial charge in [-0.2, -0.15) is 0 Å². The summed E-state index contributed by atoms with van der Waals surface area (Å²) in [6, 6.07) is 8.08. The van der Waals surface area contributed by atoms with E-state index < -0.39 is 0 Å². The third kappa shape index (κ3) is 2.37. The van der Waals surface area contributed by atoms with Crippen molar-refractivity contribution in [1.29, 1.82) is 0 Å². The van der Waals surface area contributed by atoms with Crippen molar-refractivity contribution in [3.63, 3.8) is 0 Å². The van der Waals surface area contributed by atoms with Crippen molar-refractivity contribution in [2.75, 3.05) is 0 Å². The molecular formula is C14H16O. The maximum Gasteiger partial charge on any atom is 0.0681 e. The fourth-order valence-electron chi connectivity index (χ4n) is 1.74. The van der Waals surface area contributed by atoms with Crippen LogP contribution >= 0.6 is 0 Å². The minimum atomic E-state index is 0.117. The van der Waals surface area contributed by atoms with E-state index in [4.69, 9.17) is 5.11 Å². The second-order valence-corrected chi connectivity index (χ2v) is 4.09. The summed E-state index contributed by atoms with van der Waals surface area (Å²) in [5.74, 6) is 0.658. The molecule has 1 aromatic rings. The number of allylic oxidation sites excluding steroid dienone is 4. The molecule has 0 heterocycles. The number of hydrogen-bond acceptors (Lipinski definition) is 1. The van der Waals surface area contributed by atoms with Gasteiger partial charge in [-0.3, -0.25) is 0 Å². The second kappa shape index (κ2) is 4.45. The lowest BCUT2D eigenvalue weighted by molar-refractivity contribution is 0.282.